The van der Waals surface area contributed by atoms with Crippen molar-refractivity contribution < 1.29 is 14.6 Å². The molecule has 0 aromatic carbocycles. The normalized spacial score (nSPS) is 17.5. The molecule has 0 amide bonds. The number of hydrogen-bond acceptors (Lipinski definition) is 4. The van der Waals surface area contributed by atoms with Gasteiger partial charge in [0.25, 0.3) is 0 Å². The zero-order valence-electron chi connectivity index (χ0n) is 7.57. The van der Waals surface area contributed by atoms with Crippen LogP contribution in [0.15, 0.2) is 34.3 Å². The summed E-state index contributed by atoms with van der Waals surface area (Å²) in [7, 11) is 3.03. The molecular weight excluding hydrogens is 188 g/mol. The predicted molar refractivity (Wildman–Crippen MR) is 53.4 cm³/mol. The fourth-order valence-corrected chi connectivity index (χ4v) is 1.31. The van der Waals surface area contributed by atoms with Crippen molar-refractivity contribution in [3.05, 3.63) is 34.3 Å². The first kappa shape index (κ1) is 10.1. The summed E-state index contributed by atoms with van der Waals surface area (Å²) in [6.07, 6.45) is 3.93. The Kier molecular flexibility index (Phi) is 3.31. The first-order valence-corrected chi connectivity index (χ1v) is 4.25. The summed E-state index contributed by atoms with van der Waals surface area (Å²) in [5.41, 5.74) is 0. The standard InChI is InChI=1S/C9H12O3S/c1-11-8-4-3-6(13)5-7(10)9(8)12-2/h3,5,10,13H,4H2,1-2H3. The average Bonchev–Trinajstić information content (AvgIpc) is 2.23. The van der Waals surface area contributed by atoms with Crippen molar-refractivity contribution in [2.45, 2.75) is 6.42 Å². The van der Waals surface area contributed by atoms with Crippen LogP contribution in [0.3, 0.4) is 0 Å². The second-order valence-corrected chi connectivity index (χ2v) is 3.04. The molecule has 0 saturated heterocycles. The lowest BCUT2D eigenvalue weighted by atomic mass is 10.3. The number of aliphatic hydroxyl groups excluding tert-OH is 1. The molecule has 1 aliphatic rings. The zero-order valence-corrected chi connectivity index (χ0v) is 8.47. The van der Waals surface area contributed by atoms with Crippen LogP contribution in [0.5, 0.6) is 0 Å². The summed E-state index contributed by atoms with van der Waals surface area (Å²) in [5, 5.41) is 9.53. The Balaban J connectivity index is 3.07. The number of methoxy groups -OCH3 is 2. The number of allylic oxidation sites excluding steroid dienone is 2. The van der Waals surface area contributed by atoms with Crippen molar-refractivity contribution in [2.24, 2.45) is 0 Å². The van der Waals surface area contributed by atoms with Crippen LogP contribution in [0.2, 0.25) is 0 Å². The van der Waals surface area contributed by atoms with Gasteiger partial charge in [0.05, 0.1) is 14.2 Å². The maximum absolute atomic E-state index is 9.53. The van der Waals surface area contributed by atoms with E-state index in [0.717, 1.165) is 0 Å². The number of ether oxygens (including phenoxy) is 2. The highest BCUT2D eigenvalue weighted by molar-refractivity contribution is 7.84. The Morgan fingerprint density at radius 2 is 2.08 bits per heavy atom. The Hall–Kier alpha value is -1.03. The van der Waals surface area contributed by atoms with Crippen molar-refractivity contribution in [1.29, 1.82) is 0 Å². The Morgan fingerprint density at radius 3 is 2.62 bits per heavy atom. The maximum atomic E-state index is 9.53. The van der Waals surface area contributed by atoms with Crippen molar-refractivity contribution >= 4 is 12.6 Å². The molecule has 4 heteroatoms. The molecule has 3 nitrogen and oxygen atoms in total. The van der Waals surface area contributed by atoms with Gasteiger partial charge >= 0.3 is 0 Å². The van der Waals surface area contributed by atoms with E-state index >= 15 is 0 Å². The minimum absolute atomic E-state index is 0.0399. The smallest absolute Gasteiger partial charge is 0.198 e. The SMILES string of the molecule is COC1=C(OC)C(O)=CC(S)=CC1. The third kappa shape index (κ3) is 2.21. The monoisotopic (exact) mass is 200 g/mol. The zero-order chi connectivity index (χ0) is 9.84. The van der Waals surface area contributed by atoms with Crippen LogP contribution in [0.25, 0.3) is 0 Å². The second-order valence-electron chi connectivity index (χ2n) is 2.52. The molecule has 1 rings (SSSR count). The van der Waals surface area contributed by atoms with Gasteiger partial charge < -0.3 is 14.6 Å². The van der Waals surface area contributed by atoms with Gasteiger partial charge in [0.2, 0.25) is 0 Å². The summed E-state index contributed by atoms with van der Waals surface area (Å²) in [6, 6.07) is 0. The van der Waals surface area contributed by atoms with Crippen LogP contribution in [0.4, 0.5) is 0 Å². The van der Waals surface area contributed by atoms with E-state index in [1.54, 1.807) is 7.11 Å². The minimum atomic E-state index is 0.0399. The molecule has 13 heavy (non-hydrogen) atoms. The van der Waals surface area contributed by atoms with E-state index in [0.29, 0.717) is 22.8 Å². The summed E-state index contributed by atoms with van der Waals surface area (Å²) >= 11 is 4.14. The van der Waals surface area contributed by atoms with Crippen LogP contribution >= 0.6 is 12.6 Å². The molecular formula is C9H12O3S. The highest BCUT2D eigenvalue weighted by atomic mass is 32.1. The molecule has 0 aromatic heterocycles. The van der Waals surface area contributed by atoms with Gasteiger partial charge in [0.15, 0.2) is 11.5 Å². The number of rotatable bonds is 2. The largest absolute Gasteiger partial charge is 0.504 e. The van der Waals surface area contributed by atoms with Gasteiger partial charge in [-0.15, -0.1) is 12.6 Å². The van der Waals surface area contributed by atoms with Crippen LogP contribution in [-0.4, -0.2) is 19.3 Å². The van der Waals surface area contributed by atoms with Crippen LogP contribution < -0.4 is 0 Å². The molecule has 0 bridgehead atoms. The molecule has 0 heterocycles. The van der Waals surface area contributed by atoms with Gasteiger partial charge in [0, 0.05) is 11.3 Å². The van der Waals surface area contributed by atoms with Crippen molar-refractivity contribution in [3.8, 4) is 0 Å². The molecule has 0 spiro atoms. The van der Waals surface area contributed by atoms with Gasteiger partial charge in [0.1, 0.15) is 5.76 Å². The summed E-state index contributed by atoms with van der Waals surface area (Å²) in [6.45, 7) is 0. The van der Waals surface area contributed by atoms with Gasteiger partial charge in [-0.25, -0.2) is 0 Å². The van der Waals surface area contributed by atoms with E-state index in [1.807, 2.05) is 6.08 Å². The van der Waals surface area contributed by atoms with E-state index in [9.17, 15) is 5.11 Å². The molecule has 0 fully saturated rings. The van der Waals surface area contributed by atoms with Crippen molar-refractivity contribution in [2.75, 3.05) is 14.2 Å². The lowest BCUT2D eigenvalue weighted by molar-refractivity contribution is 0.201. The fourth-order valence-electron chi connectivity index (χ4n) is 1.09. The highest BCUT2D eigenvalue weighted by Gasteiger charge is 2.14. The third-order valence-corrected chi connectivity index (χ3v) is 2.03. The van der Waals surface area contributed by atoms with E-state index in [-0.39, 0.29) is 5.76 Å². The van der Waals surface area contributed by atoms with E-state index < -0.39 is 0 Å². The van der Waals surface area contributed by atoms with Crippen LogP contribution in [-0.2, 0) is 9.47 Å². The second kappa shape index (κ2) is 4.28. The number of hydrogen-bond donors (Lipinski definition) is 2. The van der Waals surface area contributed by atoms with E-state index in [2.05, 4.69) is 12.6 Å². The quantitative estimate of drug-likeness (QED) is 0.671. The molecule has 0 unspecified atom stereocenters. The fraction of sp³-hybridized carbons (Fsp3) is 0.333. The first-order valence-electron chi connectivity index (χ1n) is 3.80. The predicted octanol–water partition coefficient (Wildman–Crippen LogP) is 2.15. The highest BCUT2D eigenvalue weighted by Crippen LogP contribution is 2.24. The maximum Gasteiger partial charge on any atom is 0.198 e. The number of aliphatic hydroxyl groups is 1. The average molecular weight is 200 g/mol. The molecule has 1 aliphatic carbocycles. The molecule has 72 valence electrons. The summed E-state index contributed by atoms with van der Waals surface area (Å²) in [5.74, 6) is 1.00. The molecule has 0 atom stereocenters. The lowest BCUT2D eigenvalue weighted by Gasteiger charge is -2.09. The molecule has 0 radical (unpaired) electrons. The minimum Gasteiger partial charge on any atom is -0.504 e. The Bertz CT molecular complexity index is 289. The van der Waals surface area contributed by atoms with Gasteiger partial charge in [-0.1, -0.05) is 6.08 Å². The van der Waals surface area contributed by atoms with Crippen molar-refractivity contribution in [3.63, 3.8) is 0 Å². The van der Waals surface area contributed by atoms with Gasteiger partial charge in [-0.2, -0.15) is 0 Å². The first-order chi connectivity index (χ1) is 6.19. The summed E-state index contributed by atoms with van der Waals surface area (Å²) in [4.78, 5) is 0.694. The Labute approximate surface area is 82.8 Å². The van der Waals surface area contributed by atoms with Crippen LogP contribution in [0, 0.1) is 0 Å². The molecule has 0 aliphatic heterocycles. The van der Waals surface area contributed by atoms with Gasteiger partial charge in [-0.3, -0.25) is 0 Å². The molecule has 0 aromatic rings. The Morgan fingerprint density at radius 1 is 1.38 bits per heavy atom. The van der Waals surface area contributed by atoms with Gasteiger partial charge in [-0.05, 0) is 6.08 Å². The third-order valence-electron chi connectivity index (χ3n) is 1.72. The topological polar surface area (TPSA) is 38.7 Å². The van der Waals surface area contributed by atoms with E-state index in [4.69, 9.17) is 9.47 Å². The van der Waals surface area contributed by atoms with Crippen LogP contribution in [0.1, 0.15) is 6.42 Å². The molecule has 0 saturated carbocycles. The van der Waals surface area contributed by atoms with E-state index in [1.165, 1.54) is 13.2 Å². The van der Waals surface area contributed by atoms with Crippen molar-refractivity contribution in [1.82, 2.24) is 0 Å². The number of thiol groups is 1. The summed E-state index contributed by atoms with van der Waals surface area (Å²) < 4.78 is 10.1. The lowest BCUT2D eigenvalue weighted by Crippen LogP contribution is -1.98. The molecule has 1 N–H and O–H groups in total.